The Balaban J connectivity index is 2.70. The van der Waals surface area contributed by atoms with Gasteiger partial charge in [0.25, 0.3) is 0 Å². The number of hydrogen-bond donors (Lipinski definition) is 2. The van der Waals surface area contributed by atoms with Gasteiger partial charge in [0.2, 0.25) is 11.8 Å². The number of likely N-dealkylation sites (N-methyl/N-ethyl adjacent to an activating group) is 1. The number of carbonyl (C=O) groups is 2. The molecule has 5 heteroatoms. The molecule has 0 unspecified atom stereocenters. The fourth-order valence-corrected chi connectivity index (χ4v) is 2.05. The number of amides is 2. The van der Waals surface area contributed by atoms with Gasteiger partial charge in [0.05, 0.1) is 0 Å². The highest BCUT2D eigenvalue weighted by atomic mass is 16.2. The Kier molecular flexibility index (Phi) is 6.11. The van der Waals surface area contributed by atoms with Gasteiger partial charge in [-0.1, -0.05) is 6.07 Å². The van der Waals surface area contributed by atoms with Crippen LogP contribution in [0.5, 0.6) is 0 Å². The van der Waals surface area contributed by atoms with Crippen molar-refractivity contribution in [2.45, 2.75) is 27.7 Å². The van der Waals surface area contributed by atoms with Crippen LogP contribution in [0.3, 0.4) is 0 Å². The summed E-state index contributed by atoms with van der Waals surface area (Å²) in [6.45, 7) is 8.47. The lowest BCUT2D eigenvalue weighted by atomic mass is 9.91. The third kappa shape index (κ3) is 5.15. The Morgan fingerprint density at radius 1 is 1.05 bits per heavy atom. The minimum absolute atomic E-state index is 0.267. The summed E-state index contributed by atoms with van der Waals surface area (Å²) in [7, 11) is 3.87. The molecule has 1 aromatic rings. The Labute approximate surface area is 133 Å². The maximum Gasteiger partial charge on any atom is 0.239 e. The summed E-state index contributed by atoms with van der Waals surface area (Å²) in [5.41, 5.74) is 1.74. The first-order chi connectivity index (χ1) is 10.1. The Morgan fingerprint density at radius 2 is 1.59 bits per heavy atom. The number of nitrogens with zero attached hydrogens (tertiary/aromatic N) is 1. The Hall–Kier alpha value is -1.88. The molecule has 0 heterocycles. The van der Waals surface area contributed by atoms with Crippen molar-refractivity contribution in [2.75, 3.05) is 32.5 Å². The molecule has 0 aliphatic rings. The van der Waals surface area contributed by atoms with Crippen LogP contribution < -0.4 is 10.6 Å². The van der Waals surface area contributed by atoms with E-state index in [-0.39, 0.29) is 11.8 Å². The topological polar surface area (TPSA) is 61.4 Å². The maximum absolute atomic E-state index is 12.4. The molecule has 5 nitrogen and oxygen atoms in total. The minimum atomic E-state index is -1.12. The second-order valence-electron chi connectivity index (χ2n) is 6.51. The van der Waals surface area contributed by atoms with Crippen molar-refractivity contribution in [2.24, 2.45) is 5.41 Å². The van der Waals surface area contributed by atoms with Gasteiger partial charge in [-0.15, -0.1) is 0 Å². The van der Waals surface area contributed by atoms with E-state index >= 15 is 0 Å². The van der Waals surface area contributed by atoms with Crippen molar-refractivity contribution >= 4 is 17.5 Å². The van der Waals surface area contributed by atoms with E-state index in [9.17, 15) is 9.59 Å². The molecule has 0 radical (unpaired) electrons. The van der Waals surface area contributed by atoms with Gasteiger partial charge in [-0.3, -0.25) is 9.59 Å². The standard InChI is InChI=1S/C17H27N3O2/c1-12-9-13(2)11-14(10-12)19-16(22)17(3,4)15(21)18-7-8-20(5)6/h9-11H,7-8H2,1-6H3,(H,18,21)(H,19,22). The van der Waals surface area contributed by atoms with Crippen molar-refractivity contribution in [3.05, 3.63) is 29.3 Å². The average Bonchev–Trinajstić information content (AvgIpc) is 2.36. The number of hydrogen-bond acceptors (Lipinski definition) is 3. The van der Waals surface area contributed by atoms with E-state index in [0.717, 1.165) is 23.4 Å². The summed E-state index contributed by atoms with van der Waals surface area (Å²) >= 11 is 0. The molecule has 0 aliphatic carbocycles. The summed E-state index contributed by atoms with van der Waals surface area (Å²) in [6.07, 6.45) is 0. The lowest BCUT2D eigenvalue weighted by Gasteiger charge is -2.23. The largest absolute Gasteiger partial charge is 0.354 e. The first-order valence-corrected chi connectivity index (χ1v) is 7.45. The molecule has 0 fully saturated rings. The summed E-state index contributed by atoms with van der Waals surface area (Å²) in [6, 6.07) is 5.82. The van der Waals surface area contributed by atoms with Crippen LogP contribution in [0.2, 0.25) is 0 Å². The van der Waals surface area contributed by atoms with Gasteiger partial charge >= 0.3 is 0 Å². The highest BCUT2D eigenvalue weighted by Crippen LogP contribution is 2.20. The highest BCUT2D eigenvalue weighted by Gasteiger charge is 2.35. The molecule has 1 aromatic carbocycles. The second kappa shape index (κ2) is 7.40. The highest BCUT2D eigenvalue weighted by molar-refractivity contribution is 6.09. The fourth-order valence-electron chi connectivity index (χ4n) is 2.05. The average molecular weight is 305 g/mol. The van der Waals surface area contributed by atoms with Gasteiger partial charge in [-0.05, 0) is 65.0 Å². The summed E-state index contributed by atoms with van der Waals surface area (Å²) in [5.74, 6) is -0.573. The lowest BCUT2D eigenvalue weighted by Crippen LogP contribution is -2.46. The van der Waals surface area contributed by atoms with E-state index in [0.29, 0.717) is 6.54 Å². The van der Waals surface area contributed by atoms with E-state index in [1.54, 1.807) is 13.8 Å². The molecule has 0 atom stereocenters. The number of anilines is 1. The molecule has 0 saturated heterocycles. The number of nitrogens with one attached hydrogen (secondary N) is 2. The predicted molar refractivity (Wildman–Crippen MR) is 89.9 cm³/mol. The molecule has 0 aromatic heterocycles. The SMILES string of the molecule is Cc1cc(C)cc(NC(=O)C(C)(C)C(=O)NCCN(C)C)c1. The van der Waals surface area contributed by atoms with E-state index in [2.05, 4.69) is 10.6 Å². The molecule has 122 valence electrons. The zero-order chi connectivity index (χ0) is 16.9. The van der Waals surface area contributed by atoms with Crippen molar-refractivity contribution in [1.82, 2.24) is 10.2 Å². The third-order valence-corrected chi connectivity index (χ3v) is 3.46. The van der Waals surface area contributed by atoms with Crippen molar-refractivity contribution in [1.29, 1.82) is 0 Å². The van der Waals surface area contributed by atoms with Crippen LogP contribution in [-0.2, 0) is 9.59 Å². The molecule has 2 N–H and O–H groups in total. The third-order valence-electron chi connectivity index (χ3n) is 3.46. The first-order valence-electron chi connectivity index (χ1n) is 7.45. The Morgan fingerprint density at radius 3 is 2.09 bits per heavy atom. The van der Waals surface area contributed by atoms with E-state index < -0.39 is 5.41 Å². The maximum atomic E-state index is 12.4. The van der Waals surface area contributed by atoms with Crippen LogP contribution in [0, 0.1) is 19.3 Å². The molecule has 1 rings (SSSR count). The molecule has 0 aliphatic heterocycles. The zero-order valence-electron chi connectivity index (χ0n) is 14.4. The first kappa shape index (κ1) is 18.2. The van der Waals surface area contributed by atoms with Gasteiger partial charge in [-0.25, -0.2) is 0 Å². The number of carbonyl (C=O) groups excluding carboxylic acids is 2. The van der Waals surface area contributed by atoms with Crippen LogP contribution >= 0.6 is 0 Å². The number of benzene rings is 1. The van der Waals surface area contributed by atoms with E-state index in [4.69, 9.17) is 0 Å². The van der Waals surface area contributed by atoms with E-state index in [1.807, 2.05) is 51.0 Å². The molecule has 0 spiro atoms. The van der Waals surface area contributed by atoms with Gasteiger partial charge in [0, 0.05) is 18.8 Å². The van der Waals surface area contributed by atoms with E-state index in [1.165, 1.54) is 0 Å². The monoisotopic (exact) mass is 305 g/mol. The van der Waals surface area contributed by atoms with Gasteiger partial charge in [0.15, 0.2) is 0 Å². The molecule has 0 saturated carbocycles. The van der Waals surface area contributed by atoms with Crippen LogP contribution in [0.25, 0.3) is 0 Å². The van der Waals surface area contributed by atoms with Gasteiger partial charge < -0.3 is 15.5 Å². The van der Waals surface area contributed by atoms with Crippen LogP contribution in [0.1, 0.15) is 25.0 Å². The second-order valence-corrected chi connectivity index (χ2v) is 6.51. The molecule has 0 bridgehead atoms. The summed E-state index contributed by atoms with van der Waals surface area (Å²) in [4.78, 5) is 26.6. The molecule has 22 heavy (non-hydrogen) atoms. The molecular formula is C17H27N3O2. The fraction of sp³-hybridized carbons (Fsp3) is 0.529. The van der Waals surface area contributed by atoms with Crippen molar-refractivity contribution in [3.63, 3.8) is 0 Å². The minimum Gasteiger partial charge on any atom is -0.354 e. The quantitative estimate of drug-likeness (QED) is 0.790. The molecular weight excluding hydrogens is 278 g/mol. The van der Waals surface area contributed by atoms with Gasteiger partial charge in [0.1, 0.15) is 5.41 Å². The van der Waals surface area contributed by atoms with Crippen molar-refractivity contribution in [3.8, 4) is 0 Å². The predicted octanol–water partition coefficient (Wildman–Crippen LogP) is 1.95. The normalized spacial score (nSPS) is 11.4. The lowest BCUT2D eigenvalue weighted by molar-refractivity contribution is -0.138. The van der Waals surface area contributed by atoms with Crippen molar-refractivity contribution < 1.29 is 9.59 Å². The number of aryl methyl sites for hydroxylation is 2. The smallest absolute Gasteiger partial charge is 0.239 e. The van der Waals surface area contributed by atoms with Gasteiger partial charge in [-0.2, -0.15) is 0 Å². The Bertz CT molecular complexity index is 531. The summed E-state index contributed by atoms with van der Waals surface area (Å²) in [5, 5.41) is 5.64. The number of rotatable bonds is 6. The summed E-state index contributed by atoms with van der Waals surface area (Å²) < 4.78 is 0. The molecule has 2 amide bonds. The van der Waals surface area contributed by atoms with Crippen LogP contribution in [0.15, 0.2) is 18.2 Å². The zero-order valence-corrected chi connectivity index (χ0v) is 14.4. The van der Waals surface area contributed by atoms with Crippen LogP contribution in [-0.4, -0.2) is 43.9 Å². The van der Waals surface area contributed by atoms with Crippen LogP contribution in [0.4, 0.5) is 5.69 Å².